The zero-order valence-corrected chi connectivity index (χ0v) is 10.3. The maximum atomic E-state index is 9.53. The molecule has 1 aromatic rings. The first-order valence-electron chi connectivity index (χ1n) is 6.16. The summed E-state index contributed by atoms with van der Waals surface area (Å²) in [7, 11) is 2.06. The molecule has 0 aromatic carbocycles. The minimum atomic E-state index is -0.140. The molecule has 90 valence electrons. The molecule has 1 aromatic heterocycles. The van der Waals surface area contributed by atoms with Gasteiger partial charge in [-0.25, -0.2) is 0 Å². The van der Waals surface area contributed by atoms with Crippen molar-refractivity contribution >= 4 is 0 Å². The van der Waals surface area contributed by atoms with Gasteiger partial charge in [0.25, 0.3) is 0 Å². The number of rotatable bonds is 3. The standard InChI is InChI=1S/C13H22N2O/c1-11(16)13-4-7-15(8-5-13)10-12-3-6-14(2)9-12/h3,6,9,11,13,16H,4-5,7-8,10H2,1-2H3. The summed E-state index contributed by atoms with van der Waals surface area (Å²) in [5.74, 6) is 0.507. The summed E-state index contributed by atoms with van der Waals surface area (Å²) in [5.41, 5.74) is 1.39. The van der Waals surface area contributed by atoms with E-state index in [2.05, 4.69) is 35.0 Å². The molecule has 0 spiro atoms. The van der Waals surface area contributed by atoms with Crippen LogP contribution in [0.25, 0.3) is 0 Å². The topological polar surface area (TPSA) is 28.4 Å². The van der Waals surface area contributed by atoms with E-state index in [9.17, 15) is 5.11 Å². The number of aliphatic hydroxyl groups is 1. The van der Waals surface area contributed by atoms with E-state index in [1.165, 1.54) is 5.56 Å². The lowest BCUT2D eigenvalue weighted by Gasteiger charge is -2.33. The predicted molar refractivity (Wildman–Crippen MR) is 65.1 cm³/mol. The number of aryl methyl sites for hydroxylation is 1. The third-order valence-electron chi connectivity index (χ3n) is 3.61. The molecule has 1 unspecified atom stereocenters. The van der Waals surface area contributed by atoms with Crippen molar-refractivity contribution in [2.24, 2.45) is 13.0 Å². The van der Waals surface area contributed by atoms with Crippen LogP contribution in [-0.4, -0.2) is 33.8 Å². The van der Waals surface area contributed by atoms with Gasteiger partial charge in [0.15, 0.2) is 0 Å². The summed E-state index contributed by atoms with van der Waals surface area (Å²) in [5, 5.41) is 9.53. The highest BCUT2D eigenvalue weighted by Gasteiger charge is 2.22. The number of likely N-dealkylation sites (tertiary alicyclic amines) is 1. The van der Waals surface area contributed by atoms with E-state index >= 15 is 0 Å². The van der Waals surface area contributed by atoms with Crippen LogP contribution >= 0.6 is 0 Å². The Hall–Kier alpha value is -0.800. The van der Waals surface area contributed by atoms with E-state index in [-0.39, 0.29) is 6.10 Å². The average Bonchev–Trinajstić information content (AvgIpc) is 2.65. The van der Waals surface area contributed by atoms with Crippen molar-refractivity contribution in [3.63, 3.8) is 0 Å². The molecule has 1 aliphatic rings. The fourth-order valence-electron chi connectivity index (χ4n) is 2.51. The molecule has 0 bridgehead atoms. The molecular weight excluding hydrogens is 200 g/mol. The van der Waals surface area contributed by atoms with Crippen molar-refractivity contribution in [2.45, 2.75) is 32.4 Å². The molecule has 1 N–H and O–H groups in total. The lowest BCUT2D eigenvalue weighted by Crippen LogP contribution is -2.36. The molecule has 0 amide bonds. The Morgan fingerprint density at radius 3 is 2.62 bits per heavy atom. The minimum Gasteiger partial charge on any atom is -0.393 e. The molecule has 1 aliphatic heterocycles. The molecule has 0 saturated carbocycles. The zero-order chi connectivity index (χ0) is 11.5. The van der Waals surface area contributed by atoms with Crippen LogP contribution in [0.15, 0.2) is 18.5 Å². The van der Waals surface area contributed by atoms with Gasteiger partial charge in [0.1, 0.15) is 0 Å². The van der Waals surface area contributed by atoms with Crippen LogP contribution in [0.1, 0.15) is 25.3 Å². The van der Waals surface area contributed by atoms with Crippen LogP contribution in [0.2, 0.25) is 0 Å². The Morgan fingerprint density at radius 1 is 1.44 bits per heavy atom. The first kappa shape index (κ1) is 11.7. The van der Waals surface area contributed by atoms with E-state index in [0.29, 0.717) is 5.92 Å². The van der Waals surface area contributed by atoms with Gasteiger partial charge in [-0.3, -0.25) is 4.90 Å². The van der Waals surface area contributed by atoms with Gasteiger partial charge in [0, 0.05) is 26.0 Å². The molecule has 2 heterocycles. The fourth-order valence-corrected chi connectivity index (χ4v) is 2.51. The van der Waals surface area contributed by atoms with E-state index in [1.54, 1.807) is 0 Å². The van der Waals surface area contributed by atoms with E-state index in [1.807, 2.05) is 6.92 Å². The van der Waals surface area contributed by atoms with Crippen LogP contribution in [0.5, 0.6) is 0 Å². The molecule has 3 heteroatoms. The lowest BCUT2D eigenvalue weighted by molar-refractivity contribution is 0.0695. The van der Waals surface area contributed by atoms with Crippen LogP contribution in [0.3, 0.4) is 0 Å². The molecule has 0 radical (unpaired) electrons. The molecular formula is C13H22N2O. The third kappa shape index (κ3) is 2.86. The molecule has 1 fully saturated rings. The van der Waals surface area contributed by atoms with Gasteiger partial charge < -0.3 is 9.67 Å². The van der Waals surface area contributed by atoms with Crippen molar-refractivity contribution in [1.82, 2.24) is 9.47 Å². The molecule has 1 saturated heterocycles. The number of nitrogens with zero attached hydrogens (tertiary/aromatic N) is 2. The van der Waals surface area contributed by atoms with Crippen LogP contribution in [0, 0.1) is 5.92 Å². The summed E-state index contributed by atoms with van der Waals surface area (Å²) < 4.78 is 2.10. The smallest absolute Gasteiger partial charge is 0.0541 e. The quantitative estimate of drug-likeness (QED) is 0.842. The second-order valence-electron chi connectivity index (χ2n) is 5.04. The van der Waals surface area contributed by atoms with Gasteiger partial charge in [0.05, 0.1) is 6.10 Å². The first-order valence-corrected chi connectivity index (χ1v) is 6.16. The monoisotopic (exact) mass is 222 g/mol. The van der Waals surface area contributed by atoms with Crippen LogP contribution < -0.4 is 0 Å². The molecule has 2 rings (SSSR count). The maximum Gasteiger partial charge on any atom is 0.0541 e. The predicted octanol–water partition coefficient (Wildman–Crippen LogP) is 1.62. The SMILES string of the molecule is CC(O)C1CCN(Cc2ccn(C)c2)CC1. The number of hydrogen-bond acceptors (Lipinski definition) is 2. The van der Waals surface area contributed by atoms with Crippen molar-refractivity contribution in [2.75, 3.05) is 13.1 Å². The fraction of sp³-hybridized carbons (Fsp3) is 0.692. The maximum absolute atomic E-state index is 9.53. The Morgan fingerprint density at radius 2 is 2.12 bits per heavy atom. The van der Waals surface area contributed by atoms with E-state index in [4.69, 9.17) is 0 Å². The van der Waals surface area contributed by atoms with Gasteiger partial charge >= 0.3 is 0 Å². The van der Waals surface area contributed by atoms with E-state index in [0.717, 1.165) is 32.5 Å². The van der Waals surface area contributed by atoms with Crippen LogP contribution in [-0.2, 0) is 13.6 Å². The molecule has 1 atom stereocenters. The highest BCUT2D eigenvalue weighted by molar-refractivity contribution is 5.09. The number of hydrogen-bond donors (Lipinski definition) is 1. The summed E-state index contributed by atoms with van der Waals surface area (Å²) in [6, 6.07) is 2.18. The van der Waals surface area contributed by atoms with Crippen LogP contribution in [0.4, 0.5) is 0 Å². The third-order valence-corrected chi connectivity index (χ3v) is 3.61. The molecule has 3 nitrogen and oxygen atoms in total. The number of aromatic nitrogens is 1. The van der Waals surface area contributed by atoms with E-state index < -0.39 is 0 Å². The van der Waals surface area contributed by atoms with Crippen molar-refractivity contribution < 1.29 is 5.11 Å². The normalized spacial score (nSPS) is 21.2. The van der Waals surface area contributed by atoms with Gasteiger partial charge in [-0.2, -0.15) is 0 Å². The first-order chi connectivity index (χ1) is 7.65. The Kier molecular flexibility index (Phi) is 3.66. The second-order valence-corrected chi connectivity index (χ2v) is 5.04. The van der Waals surface area contributed by atoms with Crippen molar-refractivity contribution in [3.8, 4) is 0 Å². The number of aliphatic hydroxyl groups excluding tert-OH is 1. The van der Waals surface area contributed by atoms with Crippen molar-refractivity contribution in [3.05, 3.63) is 24.0 Å². The van der Waals surface area contributed by atoms with Gasteiger partial charge in [-0.1, -0.05) is 0 Å². The lowest BCUT2D eigenvalue weighted by atomic mass is 9.92. The Balaban J connectivity index is 1.81. The van der Waals surface area contributed by atoms with Gasteiger partial charge in [-0.15, -0.1) is 0 Å². The summed E-state index contributed by atoms with van der Waals surface area (Å²) in [4.78, 5) is 2.48. The molecule has 16 heavy (non-hydrogen) atoms. The average molecular weight is 222 g/mol. The second kappa shape index (κ2) is 5.02. The van der Waals surface area contributed by atoms with Gasteiger partial charge in [0.2, 0.25) is 0 Å². The number of piperidine rings is 1. The largest absolute Gasteiger partial charge is 0.393 e. The Labute approximate surface area is 97.7 Å². The highest BCUT2D eigenvalue weighted by atomic mass is 16.3. The van der Waals surface area contributed by atoms with Gasteiger partial charge in [-0.05, 0) is 50.4 Å². The summed E-state index contributed by atoms with van der Waals surface area (Å²) in [6.45, 7) is 5.19. The minimum absolute atomic E-state index is 0.140. The Bertz CT molecular complexity index is 324. The summed E-state index contributed by atoms with van der Waals surface area (Å²) in [6.07, 6.45) is 6.40. The zero-order valence-electron chi connectivity index (χ0n) is 10.3. The highest BCUT2D eigenvalue weighted by Crippen LogP contribution is 2.21. The van der Waals surface area contributed by atoms with Crippen molar-refractivity contribution in [1.29, 1.82) is 0 Å². The summed E-state index contributed by atoms with van der Waals surface area (Å²) >= 11 is 0. The molecule has 0 aliphatic carbocycles.